The predicted molar refractivity (Wildman–Crippen MR) is 308 cm³/mol. The largest absolute Gasteiger partial charge is 0.493 e. The molecule has 0 spiro atoms. The monoisotopic (exact) mass is 1070 g/mol. The molecule has 78 heavy (non-hydrogen) atoms. The highest BCUT2D eigenvalue weighted by molar-refractivity contribution is 7.13. The minimum atomic E-state index is -0.792. The van der Waals surface area contributed by atoms with Gasteiger partial charge in [-0.05, 0) is 135 Å². The number of rotatable bonds is 21. The first-order valence-corrected chi connectivity index (χ1v) is 28.4. The highest BCUT2D eigenvalue weighted by Crippen LogP contribution is 2.38. The minimum absolute atomic E-state index is 0.0611. The second-order valence-corrected chi connectivity index (χ2v) is 22.2. The van der Waals surface area contributed by atoms with Crippen LogP contribution in [0.3, 0.4) is 0 Å². The lowest BCUT2D eigenvalue weighted by atomic mass is 9.95. The number of Topliss-reactive ketones (excluding diaryl/α,β-unsaturated/α-hetero) is 1. The van der Waals surface area contributed by atoms with Crippen LogP contribution in [0.5, 0.6) is 11.5 Å². The third-order valence-corrected chi connectivity index (χ3v) is 16.7. The molecule has 14 nitrogen and oxygen atoms in total. The number of carbonyl (C=O) groups is 3. The van der Waals surface area contributed by atoms with Crippen molar-refractivity contribution in [2.24, 2.45) is 5.92 Å². The van der Waals surface area contributed by atoms with E-state index in [4.69, 9.17) is 14.2 Å². The summed E-state index contributed by atoms with van der Waals surface area (Å²) < 4.78 is 18.5. The number of aliphatic hydroxyl groups excluding tert-OH is 1. The Bertz CT molecular complexity index is 3210. The number of nitrogens with one attached hydrogen (secondary N) is 2. The number of pyridine rings is 1. The number of amides is 2. The molecule has 0 unspecified atom stereocenters. The van der Waals surface area contributed by atoms with Gasteiger partial charge in [0.05, 0.1) is 41.4 Å². The lowest BCUT2D eigenvalue weighted by Crippen LogP contribution is -2.52. The average molecular weight is 1080 g/mol. The van der Waals surface area contributed by atoms with E-state index >= 15 is 0 Å². The zero-order valence-corrected chi connectivity index (χ0v) is 47.0. The molecule has 410 valence electrons. The Morgan fingerprint density at radius 3 is 2.40 bits per heavy atom. The molecule has 15 heteroatoms. The number of H-pyrrole nitrogens is 1. The minimum Gasteiger partial charge on any atom is -0.493 e. The fourth-order valence-corrected chi connectivity index (χ4v) is 12.4. The van der Waals surface area contributed by atoms with Crippen molar-refractivity contribution in [3.8, 4) is 33.1 Å². The smallest absolute Gasteiger partial charge is 0.253 e. The molecule has 0 saturated carbocycles. The van der Waals surface area contributed by atoms with E-state index in [1.54, 1.807) is 16.2 Å². The summed E-state index contributed by atoms with van der Waals surface area (Å²) in [5.74, 6) is 0.810. The number of carbonyl (C=O) groups excluding carboxylic acids is 3. The van der Waals surface area contributed by atoms with Crippen molar-refractivity contribution in [3.05, 3.63) is 158 Å². The maximum absolute atomic E-state index is 14.5. The number of hydrogen-bond acceptors (Lipinski definition) is 12. The SMILES string of the molecule is C=C1c2ccccc2CN1[C@H](C(=O)N1C[C@H](O)C[C@H]1C(=O)CCc1ccc(-c2scnc2C)cc1OCCCOc1ccc(-c2cc(C(=O)NCc3c(C)cc(C)[nH]c3=O)c(C)c(N(CC)C3CCOCC3)c2)cc1)C(C)C. The van der Waals surface area contributed by atoms with E-state index in [-0.39, 0.29) is 61.0 Å². The molecule has 0 radical (unpaired) electrons. The topological polar surface area (TPSA) is 167 Å². The third-order valence-electron chi connectivity index (χ3n) is 15.7. The van der Waals surface area contributed by atoms with Crippen molar-refractivity contribution in [2.75, 3.05) is 44.4 Å². The number of anilines is 1. The summed E-state index contributed by atoms with van der Waals surface area (Å²) in [4.78, 5) is 70.1. The number of aryl methyl sites for hydroxylation is 4. The summed E-state index contributed by atoms with van der Waals surface area (Å²) in [5.41, 5.74) is 13.7. The molecule has 9 rings (SSSR count). The molecule has 3 aliphatic heterocycles. The normalized spacial score (nSPS) is 16.9. The van der Waals surface area contributed by atoms with E-state index in [2.05, 4.69) is 50.7 Å². The number of likely N-dealkylation sites (tertiary alicyclic amines) is 1. The van der Waals surface area contributed by atoms with Crippen molar-refractivity contribution in [3.63, 3.8) is 0 Å². The lowest BCUT2D eigenvalue weighted by Gasteiger charge is -2.37. The van der Waals surface area contributed by atoms with Crippen molar-refractivity contribution >= 4 is 40.3 Å². The first-order valence-electron chi connectivity index (χ1n) is 27.5. The van der Waals surface area contributed by atoms with Crippen LogP contribution in [0.4, 0.5) is 5.69 Å². The van der Waals surface area contributed by atoms with Gasteiger partial charge in [-0.3, -0.25) is 19.2 Å². The van der Waals surface area contributed by atoms with E-state index in [9.17, 15) is 24.3 Å². The number of fused-ring (bicyclic) bond motifs is 1. The van der Waals surface area contributed by atoms with Gasteiger partial charge in [0.15, 0.2) is 5.78 Å². The molecule has 3 atom stereocenters. The van der Waals surface area contributed by atoms with E-state index < -0.39 is 18.2 Å². The molecule has 3 aliphatic rings. The number of aliphatic hydroxyl groups is 1. The number of ketones is 1. The molecule has 6 aromatic rings. The summed E-state index contributed by atoms with van der Waals surface area (Å²) in [6.45, 7) is 21.9. The number of β-amino-alcohol motifs (C(OH)–C–C–N with tert-alkyl or cyclic N) is 1. The van der Waals surface area contributed by atoms with Gasteiger partial charge in [-0.2, -0.15) is 0 Å². The molecule has 2 aromatic heterocycles. The fraction of sp³-hybridized carbons (Fsp3) is 0.413. The number of benzene rings is 4. The number of aromatic nitrogens is 2. The zero-order chi connectivity index (χ0) is 55.2. The van der Waals surface area contributed by atoms with Crippen molar-refractivity contribution < 1.29 is 33.7 Å². The standard InChI is InChI=1S/C63H74N6O8S/c1-9-67(49-23-27-75-28-24-49)55-31-48(30-53(41(55)6)61(72)64-34-54-39(4)29-40(5)66-62(54)73)44-17-20-51(21-18-44)76-25-12-26-77-58-32-46(60-42(7)65-37-78-60)16-15-45(58)19-22-57(71)56-33-50(70)36-69(56)63(74)59(38(2)3)68-35-47-13-10-11-14-52(47)43(68)8/h10-11,13-18,20-21,29-32,37-38,49-50,56,59,70H,8-9,12,19,22-28,33-36H2,1-7H3,(H,64,72)(H,66,73)/t50-,56+,59+/m1/s1. The summed E-state index contributed by atoms with van der Waals surface area (Å²) in [7, 11) is 0. The molecule has 0 aliphatic carbocycles. The van der Waals surface area contributed by atoms with Gasteiger partial charge in [0, 0.05) is 98.5 Å². The van der Waals surface area contributed by atoms with Crippen LogP contribution in [0, 0.1) is 33.6 Å². The zero-order valence-electron chi connectivity index (χ0n) is 46.2. The molecule has 2 amide bonds. The number of thiazole rings is 1. The van der Waals surface area contributed by atoms with Crippen molar-refractivity contribution in [2.45, 2.75) is 124 Å². The predicted octanol–water partition coefficient (Wildman–Crippen LogP) is 10.2. The van der Waals surface area contributed by atoms with Crippen molar-refractivity contribution in [1.29, 1.82) is 0 Å². The van der Waals surface area contributed by atoms with Gasteiger partial charge >= 0.3 is 0 Å². The van der Waals surface area contributed by atoms with Crippen LogP contribution in [0.2, 0.25) is 0 Å². The number of aromatic amines is 1. The van der Waals surface area contributed by atoms with E-state index in [1.807, 2.05) is 120 Å². The molecule has 3 N–H and O–H groups in total. The Balaban J connectivity index is 0.855. The van der Waals surface area contributed by atoms with Gasteiger partial charge in [0.25, 0.3) is 11.5 Å². The Hall–Kier alpha value is -7.07. The van der Waals surface area contributed by atoms with Gasteiger partial charge in [0.1, 0.15) is 17.5 Å². The van der Waals surface area contributed by atoms with Gasteiger partial charge in [-0.25, -0.2) is 4.98 Å². The van der Waals surface area contributed by atoms with Crippen LogP contribution in [-0.2, 0) is 33.8 Å². The number of hydrogen-bond donors (Lipinski definition) is 3. The van der Waals surface area contributed by atoms with Gasteiger partial charge < -0.3 is 44.3 Å². The van der Waals surface area contributed by atoms with Crippen LogP contribution >= 0.6 is 11.3 Å². The Morgan fingerprint density at radius 1 is 0.949 bits per heavy atom. The number of ether oxygens (including phenoxy) is 3. The second-order valence-electron chi connectivity index (χ2n) is 21.4. The molecular formula is C63H74N6O8S. The molecule has 2 saturated heterocycles. The van der Waals surface area contributed by atoms with Gasteiger partial charge in [-0.15, -0.1) is 11.3 Å². The van der Waals surface area contributed by atoms with Crippen LogP contribution in [-0.4, -0.2) is 106 Å². The Labute approximate surface area is 462 Å². The lowest BCUT2D eigenvalue weighted by molar-refractivity contribution is -0.142. The van der Waals surface area contributed by atoms with Crippen molar-refractivity contribution in [1.82, 2.24) is 25.1 Å². The highest BCUT2D eigenvalue weighted by Gasteiger charge is 2.44. The first kappa shape index (κ1) is 55.7. The number of nitrogens with zero attached hydrogens (tertiary/aromatic N) is 4. The van der Waals surface area contributed by atoms with Gasteiger partial charge in [-0.1, -0.05) is 69.0 Å². The van der Waals surface area contributed by atoms with E-state index in [1.165, 1.54) is 0 Å². The molecule has 2 fully saturated rings. The third kappa shape index (κ3) is 12.3. The van der Waals surface area contributed by atoms with Crippen LogP contribution < -0.4 is 25.2 Å². The average Bonchev–Trinajstić information content (AvgIpc) is 4.27. The second kappa shape index (κ2) is 24.7. The molecule has 5 heterocycles. The summed E-state index contributed by atoms with van der Waals surface area (Å²) in [5, 5.41) is 14.0. The highest BCUT2D eigenvalue weighted by atomic mass is 32.1. The van der Waals surface area contributed by atoms with Crippen LogP contribution in [0.15, 0.2) is 102 Å². The maximum atomic E-state index is 14.5. The summed E-state index contributed by atoms with van der Waals surface area (Å²) in [6, 6.07) is 27.1. The molecular weight excluding hydrogens is 1000 g/mol. The van der Waals surface area contributed by atoms with E-state index in [0.29, 0.717) is 68.4 Å². The van der Waals surface area contributed by atoms with E-state index in [0.717, 1.165) is 91.5 Å². The van der Waals surface area contributed by atoms with Crippen LogP contribution in [0.25, 0.3) is 27.3 Å². The Kier molecular flexibility index (Phi) is 17.6. The van der Waals surface area contributed by atoms with Gasteiger partial charge in [0.2, 0.25) is 5.91 Å². The fourth-order valence-electron chi connectivity index (χ4n) is 11.6. The first-order chi connectivity index (χ1) is 37.6. The molecule has 4 aromatic carbocycles. The summed E-state index contributed by atoms with van der Waals surface area (Å²) >= 11 is 1.56. The Morgan fingerprint density at radius 2 is 1.69 bits per heavy atom. The van der Waals surface area contributed by atoms with Crippen LogP contribution in [0.1, 0.15) is 108 Å². The summed E-state index contributed by atoms with van der Waals surface area (Å²) in [6.07, 6.45) is 2.36. The molecule has 0 bridgehead atoms. The maximum Gasteiger partial charge on any atom is 0.253 e. The quantitative estimate of drug-likeness (QED) is 0.0587.